The molecule has 0 aliphatic carbocycles. The van der Waals surface area contributed by atoms with E-state index >= 15 is 0 Å². The number of nitrogens with one attached hydrogen (secondary N) is 1. The Kier molecular flexibility index (Phi) is 4.74. The summed E-state index contributed by atoms with van der Waals surface area (Å²) in [5.41, 5.74) is 2.35. The van der Waals surface area contributed by atoms with Crippen LogP contribution < -0.4 is 0 Å². The first kappa shape index (κ1) is 15.7. The van der Waals surface area contributed by atoms with Gasteiger partial charge in [0.2, 0.25) is 15.0 Å². The Bertz CT molecular complexity index is 800. The maximum Gasteiger partial charge on any atom is 0.241 e. The van der Waals surface area contributed by atoms with Gasteiger partial charge in [-0.1, -0.05) is 30.3 Å². The van der Waals surface area contributed by atoms with E-state index in [9.17, 15) is 8.42 Å². The molecule has 7 heteroatoms. The van der Waals surface area contributed by atoms with Crippen LogP contribution in [0, 0.1) is 6.92 Å². The van der Waals surface area contributed by atoms with Crippen molar-refractivity contribution in [3.05, 3.63) is 52.6 Å². The molecule has 0 saturated carbocycles. The van der Waals surface area contributed by atoms with Gasteiger partial charge < -0.3 is 0 Å². The number of nitrogens with zero attached hydrogens (tertiary/aromatic N) is 2. The fourth-order valence-corrected chi connectivity index (χ4v) is 2.54. The quantitative estimate of drug-likeness (QED) is 0.884. The minimum Gasteiger partial charge on any atom is -0.251 e. The van der Waals surface area contributed by atoms with Crippen molar-refractivity contribution in [2.75, 3.05) is 6.26 Å². The van der Waals surface area contributed by atoms with E-state index < -0.39 is 9.84 Å². The summed E-state index contributed by atoms with van der Waals surface area (Å²) in [4.78, 5) is 3.90. The van der Waals surface area contributed by atoms with Crippen LogP contribution in [0.1, 0.15) is 5.56 Å². The number of aromatic amines is 1. The van der Waals surface area contributed by atoms with Crippen molar-refractivity contribution in [2.24, 2.45) is 0 Å². The number of hydrogen-bond donors (Lipinski definition) is 1. The average molecular weight is 368 g/mol. The Balaban J connectivity index is 2.81. The highest BCUT2D eigenvalue weighted by atomic mass is 79.9. The summed E-state index contributed by atoms with van der Waals surface area (Å²) < 4.78 is 24.1. The van der Waals surface area contributed by atoms with Gasteiger partial charge in [0, 0.05) is 22.5 Å². The average Bonchev–Trinajstić information content (AvgIpc) is 2.51. The normalized spacial score (nSPS) is 11.0. The molecule has 1 aromatic heterocycles. The van der Waals surface area contributed by atoms with Crippen LogP contribution in [-0.2, 0) is 9.84 Å². The number of halogens is 1. The zero-order valence-electron chi connectivity index (χ0n) is 11.5. The van der Waals surface area contributed by atoms with E-state index in [-0.39, 0.29) is 5.16 Å². The molecule has 1 N–H and O–H groups in total. The van der Waals surface area contributed by atoms with Gasteiger partial charge in [-0.05, 0) is 34.5 Å². The number of benzene rings is 1. The first-order valence-corrected chi connectivity index (χ1v) is 8.78. The van der Waals surface area contributed by atoms with Crippen molar-refractivity contribution in [1.29, 1.82) is 0 Å². The number of sulfone groups is 1. The van der Waals surface area contributed by atoms with Gasteiger partial charge in [0.1, 0.15) is 5.69 Å². The molecule has 1 aromatic carbocycles. The van der Waals surface area contributed by atoms with E-state index in [0.29, 0.717) is 5.69 Å². The topological polar surface area (TPSA) is 75.7 Å². The molecule has 0 amide bonds. The highest BCUT2D eigenvalue weighted by Crippen LogP contribution is 2.26. The van der Waals surface area contributed by atoms with Crippen molar-refractivity contribution in [3.8, 4) is 11.3 Å². The van der Waals surface area contributed by atoms with E-state index in [1.807, 2.05) is 37.3 Å². The van der Waals surface area contributed by atoms with E-state index in [0.717, 1.165) is 21.9 Å². The SMILES string of the molecule is Cc1ccnc(S(C)(=O)=O)[nH]nc(-c2ccccc2)c1Br. The van der Waals surface area contributed by atoms with Gasteiger partial charge in [-0.25, -0.2) is 13.4 Å². The fourth-order valence-electron chi connectivity index (χ4n) is 1.62. The molecule has 21 heavy (non-hydrogen) atoms. The van der Waals surface area contributed by atoms with Crippen LogP contribution >= 0.6 is 15.9 Å². The Morgan fingerprint density at radius 3 is 2.43 bits per heavy atom. The van der Waals surface area contributed by atoms with Crippen molar-refractivity contribution in [2.45, 2.75) is 12.1 Å². The Morgan fingerprint density at radius 1 is 1.14 bits per heavy atom. The molecule has 0 radical (unpaired) electrons. The van der Waals surface area contributed by atoms with Crippen LogP contribution in [0.2, 0.25) is 0 Å². The smallest absolute Gasteiger partial charge is 0.241 e. The summed E-state index contributed by atoms with van der Waals surface area (Å²) in [5.74, 6) is 0. The molecule has 0 spiro atoms. The van der Waals surface area contributed by atoms with Gasteiger partial charge in [0.25, 0.3) is 0 Å². The van der Waals surface area contributed by atoms with E-state index in [2.05, 4.69) is 31.1 Å². The van der Waals surface area contributed by atoms with Crippen LogP contribution in [0.15, 0.2) is 52.2 Å². The van der Waals surface area contributed by atoms with Gasteiger partial charge in [0.15, 0.2) is 0 Å². The van der Waals surface area contributed by atoms with Gasteiger partial charge in [-0.15, -0.1) is 0 Å². The summed E-state index contributed by atoms with van der Waals surface area (Å²) in [6.07, 6.45) is 2.51. The highest BCUT2D eigenvalue weighted by Gasteiger charge is 2.09. The lowest BCUT2D eigenvalue weighted by molar-refractivity contribution is 0.590. The maximum atomic E-state index is 11.6. The van der Waals surface area contributed by atoms with Crippen molar-refractivity contribution < 1.29 is 8.42 Å². The molecule has 5 nitrogen and oxygen atoms in total. The molecule has 110 valence electrons. The van der Waals surface area contributed by atoms with Gasteiger partial charge in [-0.2, -0.15) is 5.10 Å². The third kappa shape index (κ3) is 3.89. The van der Waals surface area contributed by atoms with E-state index in [1.54, 1.807) is 6.07 Å². The highest BCUT2D eigenvalue weighted by molar-refractivity contribution is 9.10. The molecule has 2 rings (SSSR count). The minimum absolute atomic E-state index is 0.192. The Labute approximate surface area is 131 Å². The molecule has 0 atom stereocenters. The summed E-state index contributed by atoms with van der Waals surface area (Å²) in [6, 6.07) is 11.2. The maximum absolute atomic E-state index is 11.6. The van der Waals surface area contributed by atoms with Gasteiger partial charge in [-0.3, -0.25) is 5.10 Å². The lowest BCUT2D eigenvalue weighted by Gasteiger charge is -2.02. The van der Waals surface area contributed by atoms with Gasteiger partial charge >= 0.3 is 0 Å². The summed E-state index contributed by atoms with van der Waals surface area (Å²) in [5, 5.41) is 6.55. The molecule has 0 saturated heterocycles. The second kappa shape index (κ2) is 6.36. The second-order valence-corrected chi connectivity index (χ2v) is 7.18. The number of H-pyrrole nitrogens is 1. The van der Waals surface area contributed by atoms with E-state index in [1.165, 1.54) is 6.20 Å². The summed E-state index contributed by atoms with van der Waals surface area (Å²) in [7, 11) is -3.48. The monoisotopic (exact) mass is 367 g/mol. The largest absolute Gasteiger partial charge is 0.251 e. The number of aromatic nitrogens is 3. The van der Waals surface area contributed by atoms with Gasteiger partial charge in [0.05, 0.1) is 0 Å². The lowest BCUT2D eigenvalue weighted by Crippen LogP contribution is -2.02. The van der Waals surface area contributed by atoms with Crippen molar-refractivity contribution in [1.82, 2.24) is 15.2 Å². The predicted molar refractivity (Wildman–Crippen MR) is 85.0 cm³/mol. The second-order valence-electron chi connectivity index (χ2n) is 4.46. The molecular formula is C14H14BrN3O2S. The number of hydrogen-bond acceptors (Lipinski definition) is 4. The first-order chi connectivity index (χ1) is 9.89. The van der Waals surface area contributed by atoms with Crippen LogP contribution in [0.5, 0.6) is 0 Å². The van der Waals surface area contributed by atoms with Crippen LogP contribution in [0.4, 0.5) is 0 Å². The standard InChI is InChI=1S/C14H14BrN3O2S/c1-10-8-9-16-14(21(2,19)20)18-17-13(12(10)15)11-6-4-3-5-7-11/h3-9H,1-2H3,(H,16,18). The first-order valence-electron chi connectivity index (χ1n) is 6.10. The Hall–Kier alpha value is -1.73. The molecule has 0 bridgehead atoms. The lowest BCUT2D eigenvalue weighted by atomic mass is 10.1. The van der Waals surface area contributed by atoms with Crippen LogP contribution in [0.25, 0.3) is 11.3 Å². The van der Waals surface area contributed by atoms with Crippen LogP contribution in [-0.4, -0.2) is 29.9 Å². The zero-order valence-corrected chi connectivity index (χ0v) is 13.9. The molecule has 0 fully saturated rings. The molecule has 0 aliphatic rings. The molecular weight excluding hydrogens is 354 g/mol. The molecule has 2 aromatic rings. The molecule has 1 heterocycles. The third-order valence-corrected chi connectivity index (χ3v) is 4.63. The van der Waals surface area contributed by atoms with Crippen LogP contribution in [0.3, 0.4) is 0 Å². The summed E-state index contributed by atoms with van der Waals surface area (Å²) >= 11 is 3.50. The minimum atomic E-state index is -3.48. The number of aryl methyl sites for hydroxylation is 1. The van der Waals surface area contributed by atoms with Crippen molar-refractivity contribution >= 4 is 25.8 Å². The fraction of sp³-hybridized carbons (Fsp3) is 0.143. The third-order valence-electron chi connectivity index (χ3n) is 2.73. The molecule has 0 aliphatic heterocycles. The number of rotatable bonds is 2. The van der Waals surface area contributed by atoms with Crippen molar-refractivity contribution in [3.63, 3.8) is 0 Å². The summed E-state index contributed by atoms with van der Waals surface area (Å²) in [6.45, 7) is 1.89. The zero-order chi connectivity index (χ0) is 15.5. The Morgan fingerprint density at radius 2 is 1.81 bits per heavy atom. The molecule has 0 unspecified atom stereocenters. The van der Waals surface area contributed by atoms with E-state index in [4.69, 9.17) is 0 Å². The predicted octanol–water partition coefficient (Wildman–Crippen LogP) is 3.07.